The van der Waals surface area contributed by atoms with Crippen molar-refractivity contribution >= 4 is 23.4 Å². The van der Waals surface area contributed by atoms with Crippen LogP contribution in [0.3, 0.4) is 0 Å². The number of para-hydroxylation sites is 1. The predicted octanol–water partition coefficient (Wildman–Crippen LogP) is 3.27. The number of nitrogens with one attached hydrogen (secondary N) is 1. The third-order valence-corrected chi connectivity index (χ3v) is 4.03. The molecule has 2 aromatic rings. The molecule has 1 N–H and O–H groups in total. The van der Waals surface area contributed by atoms with E-state index in [0.29, 0.717) is 12.3 Å². The van der Waals surface area contributed by atoms with Crippen LogP contribution < -0.4 is 5.32 Å². The Hall–Kier alpha value is -2.23. The molecule has 0 spiro atoms. The van der Waals surface area contributed by atoms with E-state index in [0.717, 1.165) is 22.1 Å². The molecule has 1 aromatic heterocycles. The summed E-state index contributed by atoms with van der Waals surface area (Å²) in [4.78, 5) is 15.0. The largest absolute Gasteiger partial charge is 0.465 e. The highest BCUT2D eigenvalue weighted by Crippen LogP contribution is 2.26. The Kier molecular flexibility index (Phi) is 6.27. The zero-order valence-electron chi connectivity index (χ0n) is 13.2. The minimum atomic E-state index is -0.0965. The molecule has 23 heavy (non-hydrogen) atoms. The highest BCUT2D eigenvalue weighted by Gasteiger charge is 2.11. The fraction of sp³-hybridized carbons (Fsp3) is 0.294. The van der Waals surface area contributed by atoms with Gasteiger partial charge in [-0.2, -0.15) is 5.26 Å². The number of aryl methyl sites for hydroxylation is 1. The van der Waals surface area contributed by atoms with Crippen LogP contribution in [0.2, 0.25) is 0 Å². The summed E-state index contributed by atoms with van der Waals surface area (Å²) < 4.78 is 5.51. The molecule has 0 saturated heterocycles. The normalized spacial score (nSPS) is 10.5. The second kappa shape index (κ2) is 8.42. The van der Waals surface area contributed by atoms with Crippen LogP contribution in [0.1, 0.15) is 11.5 Å². The zero-order valence-corrected chi connectivity index (χ0v) is 14.0. The number of benzene rings is 1. The van der Waals surface area contributed by atoms with Crippen molar-refractivity contribution in [2.24, 2.45) is 0 Å². The number of rotatable bonds is 7. The number of nitriles is 1. The second-order valence-electron chi connectivity index (χ2n) is 5.18. The van der Waals surface area contributed by atoms with Crippen LogP contribution in [0.15, 0.2) is 45.7 Å². The Morgan fingerprint density at radius 2 is 2.13 bits per heavy atom. The van der Waals surface area contributed by atoms with Gasteiger partial charge in [0.15, 0.2) is 0 Å². The summed E-state index contributed by atoms with van der Waals surface area (Å²) in [6.07, 6.45) is 0. The molecule has 1 aromatic carbocycles. The molecular weight excluding hydrogens is 310 g/mol. The van der Waals surface area contributed by atoms with Gasteiger partial charge < -0.3 is 9.73 Å². The molecule has 2 rings (SSSR count). The minimum Gasteiger partial charge on any atom is -0.465 e. The maximum atomic E-state index is 12.2. The molecule has 0 atom stereocenters. The number of furan rings is 1. The molecule has 6 heteroatoms. The average Bonchev–Trinajstić information content (AvgIpc) is 2.91. The molecule has 0 saturated carbocycles. The van der Waals surface area contributed by atoms with Gasteiger partial charge in [-0.1, -0.05) is 12.1 Å². The van der Waals surface area contributed by atoms with Crippen molar-refractivity contribution in [1.82, 2.24) is 4.90 Å². The lowest BCUT2D eigenvalue weighted by molar-refractivity contribution is -0.117. The summed E-state index contributed by atoms with van der Waals surface area (Å²) in [6, 6.07) is 13.4. The van der Waals surface area contributed by atoms with Crippen molar-refractivity contribution in [3.63, 3.8) is 0 Å². The van der Waals surface area contributed by atoms with Crippen LogP contribution in [-0.4, -0.2) is 30.2 Å². The molecule has 0 bridgehead atoms. The number of anilines is 1. The molecule has 1 heterocycles. The van der Waals surface area contributed by atoms with Crippen LogP contribution >= 0.6 is 11.8 Å². The number of amides is 1. The van der Waals surface area contributed by atoms with Gasteiger partial charge in [-0.15, -0.1) is 11.8 Å². The van der Waals surface area contributed by atoms with Gasteiger partial charge in [0.25, 0.3) is 0 Å². The van der Waals surface area contributed by atoms with E-state index in [9.17, 15) is 4.79 Å². The van der Waals surface area contributed by atoms with Crippen molar-refractivity contribution < 1.29 is 9.21 Å². The molecule has 0 fully saturated rings. The van der Waals surface area contributed by atoms with Crippen LogP contribution in [0.4, 0.5) is 5.69 Å². The smallest absolute Gasteiger partial charge is 0.238 e. The van der Waals surface area contributed by atoms with E-state index >= 15 is 0 Å². The van der Waals surface area contributed by atoms with E-state index < -0.39 is 0 Å². The standard InChI is InChI=1S/C17H19N3O2S/c1-13-7-8-14(22-13)11-20(2)12-17(21)19-15-5-3-4-6-16(15)23-10-9-18/h3-8H,10-12H2,1-2H3,(H,19,21). The van der Waals surface area contributed by atoms with Gasteiger partial charge >= 0.3 is 0 Å². The first-order chi connectivity index (χ1) is 11.1. The monoisotopic (exact) mass is 329 g/mol. The van der Waals surface area contributed by atoms with Gasteiger partial charge in [0.05, 0.1) is 30.6 Å². The summed E-state index contributed by atoms with van der Waals surface area (Å²) in [7, 11) is 1.87. The summed E-state index contributed by atoms with van der Waals surface area (Å²) in [5, 5.41) is 11.6. The summed E-state index contributed by atoms with van der Waals surface area (Å²) in [6.45, 7) is 2.73. The number of nitrogens with zero attached hydrogens (tertiary/aromatic N) is 2. The van der Waals surface area contributed by atoms with Crippen LogP contribution in [-0.2, 0) is 11.3 Å². The maximum Gasteiger partial charge on any atom is 0.238 e. The van der Waals surface area contributed by atoms with Gasteiger partial charge in [0.2, 0.25) is 5.91 Å². The number of carbonyl (C=O) groups is 1. The van der Waals surface area contributed by atoms with Crippen molar-refractivity contribution in [3.8, 4) is 6.07 Å². The Bertz CT molecular complexity index is 706. The average molecular weight is 329 g/mol. The van der Waals surface area contributed by atoms with Crippen molar-refractivity contribution in [2.45, 2.75) is 18.4 Å². The van der Waals surface area contributed by atoms with E-state index in [1.165, 1.54) is 11.8 Å². The molecule has 0 aliphatic rings. The van der Waals surface area contributed by atoms with Gasteiger partial charge in [-0.25, -0.2) is 0 Å². The molecular formula is C17H19N3O2S. The predicted molar refractivity (Wildman–Crippen MR) is 91.2 cm³/mol. The summed E-state index contributed by atoms with van der Waals surface area (Å²) >= 11 is 1.41. The minimum absolute atomic E-state index is 0.0965. The molecule has 0 unspecified atom stereocenters. The van der Waals surface area contributed by atoms with Gasteiger partial charge in [0, 0.05) is 4.90 Å². The Morgan fingerprint density at radius 3 is 2.83 bits per heavy atom. The topological polar surface area (TPSA) is 69.3 Å². The summed E-state index contributed by atoms with van der Waals surface area (Å²) in [5.74, 6) is 1.95. The van der Waals surface area contributed by atoms with Crippen LogP contribution in [0.25, 0.3) is 0 Å². The summed E-state index contributed by atoms with van der Waals surface area (Å²) in [5.41, 5.74) is 0.736. The first-order valence-electron chi connectivity index (χ1n) is 7.21. The highest BCUT2D eigenvalue weighted by molar-refractivity contribution is 7.99. The quantitative estimate of drug-likeness (QED) is 0.790. The van der Waals surface area contributed by atoms with E-state index in [1.54, 1.807) is 0 Å². The third-order valence-electron chi connectivity index (χ3n) is 3.09. The van der Waals surface area contributed by atoms with Crippen LogP contribution in [0, 0.1) is 18.3 Å². The SMILES string of the molecule is Cc1ccc(CN(C)CC(=O)Nc2ccccc2SCC#N)o1. The number of carbonyl (C=O) groups excluding carboxylic acids is 1. The van der Waals surface area contributed by atoms with E-state index in [1.807, 2.05) is 55.3 Å². The fourth-order valence-electron chi connectivity index (χ4n) is 2.13. The zero-order chi connectivity index (χ0) is 16.7. The lowest BCUT2D eigenvalue weighted by Gasteiger charge is -2.16. The third kappa shape index (κ3) is 5.47. The van der Waals surface area contributed by atoms with Gasteiger partial charge in [-0.3, -0.25) is 9.69 Å². The first-order valence-corrected chi connectivity index (χ1v) is 8.19. The molecule has 5 nitrogen and oxygen atoms in total. The molecule has 0 radical (unpaired) electrons. The Balaban J connectivity index is 1.90. The van der Waals surface area contributed by atoms with E-state index in [-0.39, 0.29) is 12.5 Å². The van der Waals surface area contributed by atoms with Crippen molar-refractivity contribution in [3.05, 3.63) is 47.9 Å². The first kappa shape index (κ1) is 17.1. The van der Waals surface area contributed by atoms with E-state index in [4.69, 9.17) is 9.68 Å². The van der Waals surface area contributed by atoms with E-state index in [2.05, 4.69) is 11.4 Å². The van der Waals surface area contributed by atoms with Crippen molar-refractivity contribution in [1.29, 1.82) is 5.26 Å². The second-order valence-corrected chi connectivity index (χ2v) is 6.19. The lowest BCUT2D eigenvalue weighted by Crippen LogP contribution is -2.29. The fourth-order valence-corrected chi connectivity index (χ4v) is 2.80. The Labute approximate surface area is 140 Å². The lowest BCUT2D eigenvalue weighted by atomic mass is 10.3. The number of hydrogen-bond donors (Lipinski definition) is 1. The number of hydrogen-bond acceptors (Lipinski definition) is 5. The highest BCUT2D eigenvalue weighted by atomic mass is 32.2. The maximum absolute atomic E-state index is 12.2. The van der Waals surface area contributed by atoms with Crippen LogP contribution in [0.5, 0.6) is 0 Å². The van der Waals surface area contributed by atoms with Crippen molar-refractivity contribution in [2.75, 3.05) is 24.7 Å². The number of thioether (sulfide) groups is 1. The molecule has 0 aliphatic heterocycles. The molecule has 0 aliphatic carbocycles. The van der Waals surface area contributed by atoms with Gasteiger partial charge in [0.1, 0.15) is 11.5 Å². The molecule has 120 valence electrons. The Morgan fingerprint density at radius 1 is 1.35 bits per heavy atom. The number of likely N-dealkylation sites (N-methyl/N-ethyl adjacent to an activating group) is 1. The molecule has 1 amide bonds. The van der Waals surface area contributed by atoms with Gasteiger partial charge in [-0.05, 0) is 38.2 Å².